The molecule has 0 aliphatic carbocycles. The standard InChI is InChI=1S/C37H74O10/c1-3-5-7-8-9-10-11-12-13-14-15-16-18-20-39-21-22-40-23-24-41-25-26-42-27-28-43-29-30-44-31-32-45-33-34-46-35-36-47-37(38)19-17-6-4-2/h3-36H2,1-2H3. The molecule has 0 aliphatic rings. The average molecular weight is 679 g/mol. The Morgan fingerprint density at radius 2 is 0.553 bits per heavy atom. The summed E-state index contributed by atoms with van der Waals surface area (Å²) in [5, 5.41) is 0. The van der Waals surface area contributed by atoms with Gasteiger partial charge in [0.25, 0.3) is 0 Å². The lowest BCUT2D eigenvalue weighted by Crippen LogP contribution is -2.15. The first-order valence-electron chi connectivity index (χ1n) is 19.1. The predicted molar refractivity (Wildman–Crippen MR) is 187 cm³/mol. The molecule has 0 bridgehead atoms. The van der Waals surface area contributed by atoms with E-state index in [1.165, 1.54) is 77.0 Å². The fourth-order valence-electron chi connectivity index (χ4n) is 4.67. The lowest BCUT2D eigenvalue weighted by molar-refractivity contribution is -0.145. The van der Waals surface area contributed by atoms with Gasteiger partial charge in [0.2, 0.25) is 0 Å². The summed E-state index contributed by atoms with van der Waals surface area (Å²) in [5.74, 6) is -0.152. The van der Waals surface area contributed by atoms with Gasteiger partial charge in [0, 0.05) is 13.0 Å². The van der Waals surface area contributed by atoms with E-state index < -0.39 is 0 Å². The fraction of sp³-hybridized carbons (Fsp3) is 0.973. The Balaban J connectivity index is 3.07. The van der Waals surface area contributed by atoms with Crippen LogP contribution in [-0.4, -0.2) is 118 Å². The van der Waals surface area contributed by atoms with Crippen molar-refractivity contribution in [3.63, 3.8) is 0 Å². The van der Waals surface area contributed by atoms with Crippen LogP contribution >= 0.6 is 0 Å². The van der Waals surface area contributed by atoms with Crippen molar-refractivity contribution in [2.24, 2.45) is 0 Å². The Kier molecular flexibility index (Phi) is 42.4. The molecule has 10 nitrogen and oxygen atoms in total. The molecule has 0 aromatic rings. The first kappa shape index (κ1) is 46.1. The maximum absolute atomic E-state index is 11.5. The van der Waals surface area contributed by atoms with Gasteiger partial charge in [0.05, 0.1) is 99.1 Å². The second-order valence-electron chi connectivity index (χ2n) is 11.8. The quantitative estimate of drug-likeness (QED) is 0.0482. The molecule has 47 heavy (non-hydrogen) atoms. The van der Waals surface area contributed by atoms with Crippen LogP contribution < -0.4 is 0 Å². The lowest BCUT2D eigenvalue weighted by atomic mass is 10.0. The highest BCUT2D eigenvalue weighted by atomic mass is 16.6. The molecule has 0 heterocycles. The summed E-state index contributed by atoms with van der Waals surface area (Å²) in [6, 6.07) is 0. The number of carbonyl (C=O) groups excluding carboxylic acids is 1. The summed E-state index contributed by atoms with van der Waals surface area (Å²) in [6.07, 6.45) is 21.3. The molecular weight excluding hydrogens is 604 g/mol. The summed E-state index contributed by atoms with van der Waals surface area (Å²) >= 11 is 0. The third-order valence-corrected chi connectivity index (χ3v) is 7.47. The Labute approximate surface area is 288 Å². The van der Waals surface area contributed by atoms with Crippen LogP contribution in [0.15, 0.2) is 0 Å². The van der Waals surface area contributed by atoms with Crippen LogP contribution in [0, 0.1) is 0 Å². The van der Waals surface area contributed by atoms with Crippen molar-refractivity contribution in [3.05, 3.63) is 0 Å². The number of unbranched alkanes of at least 4 members (excludes halogenated alkanes) is 14. The van der Waals surface area contributed by atoms with Crippen LogP contribution in [0.1, 0.15) is 123 Å². The zero-order valence-electron chi connectivity index (χ0n) is 30.6. The number of carbonyl (C=O) groups is 1. The Morgan fingerprint density at radius 1 is 0.298 bits per heavy atom. The first-order valence-corrected chi connectivity index (χ1v) is 19.1. The third-order valence-electron chi connectivity index (χ3n) is 7.47. The molecule has 10 heteroatoms. The van der Waals surface area contributed by atoms with Crippen LogP contribution in [0.5, 0.6) is 0 Å². The summed E-state index contributed by atoms with van der Waals surface area (Å²) in [4.78, 5) is 11.5. The van der Waals surface area contributed by atoms with E-state index >= 15 is 0 Å². The summed E-state index contributed by atoms with van der Waals surface area (Å²) in [6.45, 7) is 13.4. The molecule has 0 unspecified atom stereocenters. The maximum atomic E-state index is 11.5. The van der Waals surface area contributed by atoms with Crippen LogP contribution in [-0.2, 0) is 47.4 Å². The molecule has 0 atom stereocenters. The maximum Gasteiger partial charge on any atom is 0.305 e. The number of ether oxygens (including phenoxy) is 9. The van der Waals surface area contributed by atoms with E-state index in [1.54, 1.807) is 0 Å². The summed E-state index contributed by atoms with van der Waals surface area (Å²) in [5.41, 5.74) is 0. The van der Waals surface area contributed by atoms with Gasteiger partial charge in [-0.25, -0.2) is 0 Å². The largest absolute Gasteiger partial charge is 0.463 e. The van der Waals surface area contributed by atoms with Crippen molar-refractivity contribution in [2.45, 2.75) is 123 Å². The highest BCUT2D eigenvalue weighted by molar-refractivity contribution is 5.69. The molecule has 0 amide bonds. The number of esters is 1. The smallest absolute Gasteiger partial charge is 0.305 e. The van der Waals surface area contributed by atoms with Crippen molar-refractivity contribution >= 4 is 5.97 Å². The van der Waals surface area contributed by atoms with Crippen molar-refractivity contribution in [1.82, 2.24) is 0 Å². The molecule has 0 rings (SSSR count). The van der Waals surface area contributed by atoms with Crippen LogP contribution in [0.4, 0.5) is 0 Å². The molecule has 0 aromatic carbocycles. The minimum Gasteiger partial charge on any atom is -0.463 e. The van der Waals surface area contributed by atoms with Crippen LogP contribution in [0.2, 0.25) is 0 Å². The van der Waals surface area contributed by atoms with E-state index in [0.717, 1.165) is 32.3 Å². The van der Waals surface area contributed by atoms with Gasteiger partial charge in [0.1, 0.15) is 6.61 Å². The lowest BCUT2D eigenvalue weighted by Gasteiger charge is -2.09. The molecule has 282 valence electrons. The monoisotopic (exact) mass is 679 g/mol. The third kappa shape index (κ3) is 43.1. The normalized spacial score (nSPS) is 11.4. The van der Waals surface area contributed by atoms with Gasteiger partial charge in [-0.05, 0) is 12.8 Å². The molecule has 0 saturated carbocycles. The van der Waals surface area contributed by atoms with Gasteiger partial charge in [-0.3, -0.25) is 4.79 Å². The fourth-order valence-corrected chi connectivity index (χ4v) is 4.67. The predicted octanol–water partition coefficient (Wildman–Crippen LogP) is 7.33. The van der Waals surface area contributed by atoms with Crippen molar-refractivity contribution in [3.8, 4) is 0 Å². The van der Waals surface area contributed by atoms with E-state index in [0.29, 0.717) is 112 Å². The van der Waals surface area contributed by atoms with E-state index in [9.17, 15) is 4.79 Å². The SMILES string of the molecule is CCCCCCCCCCCCCCCOCCOCCOCCOCCOCCOCCOCCOCCOC(=O)CCCCC. The molecule has 0 spiro atoms. The van der Waals surface area contributed by atoms with Gasteiger partial charge in [-0.15, -0.1) is 0 Å². The molecular formula is C37H74O10. The second-order valence-corrected chi connectivity index (χ2v) is 11.8. The number of rotatable bonds is 42. The number of hydrogen-bond donors (Lipinski definition) is 0. The molecule has 0 N–H and O–H groups in total. The van der Waals surface area contributed by atoms with Crippen molar-refractivity contribution in [2.75, 3.05) is 112 Å². The van der Waals surface area contributed by atoms with Gasteiger partial charge < -0.3 is 42.6 Å². The van der Waals surface area contributed by atoms with Gasteiger partial charge in [-0.1, -0.05) is 104 Å². The molecule has 0 fully saturated rings. The second kappa shape index (κ2) is 43.2. The van der Waals surface area contributed by atoms with Crippen LogP contribution in [0.25, 0.3) is 0 Å². The van der Waals surface area contributed by atoms with Gasteiger partial charge in [0.15, 0.2) is 0 Å². The zero-order valence-corrected chi connectivity index (χ0v) is 30.6. The Morgan fingerprint density at radius 3 is 0.894 bits per heavy atom. The zero-order chi connectivity index (χ0) is 34.0. The summed E-state index contributed by atoms with van der Waals surface area (Å²) in [7, 11) is 0. The van der Waals surface area contributed by atoms with Gasteiger partial charge >= 0.3 is 5.97 Å². The van der Waals surface area contributed by atoms with E-state index in [2.05, 4.69) is 13.8 Å². The minimum atomic E-state index is -0.152. The highest BCUT2D eigenvalue weighted by Gasteiger charge is 2.02. The topological polar surface area (TPSA) is 100 Å². The molecule has 0 aromatic heterocycles. The van der Waals surface area contributed by atoms with E-state index in [4.69, 9.17) is 42.6 Å². The first-order chi connectivity index (χ1) is 23.3. The minimum absolute atomic E-state index is 0.152. The Hall–Kier alpha value is -0.850. The van der Waals surface area contributed by atoms with E-state index in [1.807, 2.05) is 0 Å². The highest BCUT2D eigenvalue weighted by Crippen LogP contribution is 2.12. The van der Waals surface area contributed by atoms with E-state index in [-0.39, 0.29) is 5.97 Å². The average Bonchev–Trinajstić information content (AvgIpc) is 3.08. The molecule has 0 saturated heterocycles. The van der Waals surface area contributed by atoms with Crippen molar-refractivity contribution < 1.29 is 47.4 Å². The van der Waals surface area contributed by atoms with Gasteiger partial charge in [-0.2, -0.15) is 0 Å². The van der Waals surface area contributed by atoms with Crippen molar-refractivity contribution in [1.29, 1.82) is 0 Å². The Bertz CT molecular complexity index is 581. The summed E-state index contributed by atoms with van der Waals surface area (Å²) < 4.78 is 49.2. The molecule has 0 aliphatic heterocycles. The number of hydrogen-bond acceptors (Lipinski definition) is 10. The molecule has 0 radical (unpaired) electrons. The van der Waals surface area contributed by atoms with Crippen LogP contribution in [0.3, 0.4) is 0 Å².